The normalized spacial score (nSPS) is 14.5. The van der Waals surface area contributed by atoms with E-state index in [4.69, 9.17) is 4.74 Å². The van der Waals surface area contributed by atoms with Gasteiger partial charge in [0, 0.05) is 43.9 Å². The zero-order chi connectivity index (χ0) is 16.7. The van der Waals surface area contributed by atoms with Crippen LogP contribution in [0, 0.1) is 0 Å². The molecule has 1 fully saturated rings. The van der Waals surface area contributed by atoms with Crippen molar-refractivity contribution in [1.82, 2.24) is 10.2 Å². The highest BCUT2D eigenvalue weighted by Gasteiger charge is 2.15. The summed E-state index contributed by atoms with van der Waals surface area (Å²) in [6, 6.07) is 5.45. The van der Waals surface area contributed by atoms with Crippen LogP contribution in [0.2, 0.25) is 0 Å². The molecule has 0 aliphatic carbocycles. The van der Waals surface area contributed by atoms with E-state index in [0.717, 1.165) is 25.3 Å². The maximum Gasteiger partial charge on any atom is 0.302 e. The van der Waals surface area contributed by atoms with Crippen LogP contribution in [0.15, 0.2) is 18.2 Å². The third kappa shape index (κ3) is 5.25. The van der Waals surface area contributed by atoms with E-state index in [9.17, 15) is 9.59 Å². The molecule has 0 unspecified atom stereocenters. The molecule has 0 radical (unpaired) electrons. The summed E-state index contributed by atoms with van der Waals surface area (Å²) in [5.41, 5.74) is 2.10. The molecule has 23 heavy (non-hydrogen) atoms. The van der Waals surface area contributed by atoms with E-state index in [0.29, 0.717) is 17.7 Å². The van der Waals surface area contributed by atoms with Crippen LogP contribution in [-0.2, 0) is 16.1 Å². The molecule has 1 aliphatic heterocycles. The predicted molar refractivity (Wildman–Crippen MR) is 89.5 cm³/mol. The first-order chi connectivity index (χ1) is 11.1. The lowest BCUT2D eigenvalue weighted by Crippen LogP contribution is -2.34. The lowest BCUT2D eigenvalue weighted by molar-refractivity contribution is -0.142. The number of nitrogens with zero attached hydrogens (tertiary/aromatic N) is 1. The SMILES string of the molecule is CNc1ccc(COC(C)=O)c(C(=O)NCCN2CCCC2)c1. The van der Waals surface area contributed by atoms with E-state index >= 15 is 0 Å². The largest absolute Gasteiger partial charge is 0.461 e. The van der Waals surface area contributed by atoms with Gasteiger partial charge in [-0.25, -0.2) is 0 Å². The molecule has 6 nitrogen and oxygen atoms in total. The summed E-state index contributed by atoms with van der Waals surface area (Å²) in [6.07, 6.45) is 2.48. The molecule has 1 aromatic carbocycles. The van der Waals surface area contributed by atoms with Gasteiger partial charge in [-0.15, -0.1) is 0 Å². The van der Waals surface area contributed by atoms with Crippen molar-refractivity contribution in [3.8, 4) is 0 Å². The van der Waals surface area contributed by atoms with Crippen LogP contribution in [0.4, 0.5) is 5.69 Å². The minimum absolute atomic E-state index is 0.105. The van der Waals surface area contributed by atoms with Gasteiger partial charge in [-0.2, -0.15) is 0 Å². The number of hydrogen-bond donors (Lipinski definition) is 2. The first kappa shape index (κ1) is 17.3. The highest BCUT2D eigenvalue weighted by molar-refractivity contribution is 5.96. The number of benzene rings is 1. The summed E-state index contributed by atoms with van der Waals surface area (Å²) in [7, 11) is 1.80. The second-order valence-electron chi connectivity index (χ2n) is 5.71. The summed E-state index contributed by atoms with van der Waals surface area (Å²) in [5.74, 6) is -0.494. The van der Waals surface area contributed by atoms with Gasteiger partial charge in [0.1, 0.15) is 6.61 Å². The third-order valence-electron chi connectivity index (χ3n) is 3.99. The summed E-state index contributed by atoms with van der Waals surface area (Å²) in [5, 5.41) is 5.98. The molecule has 1 heterocycles. The Morgan fingerprint density at radius 3 is 2.65 bits per heavy atom. The summed E-state index contributed by atoms with van der Waals surface area (Å²) < 4.78 is 5.03. The average molecular weight is 319 g/mol. The quantitative estimate of drug-likeness (QED) is 0.747. The molecule has 0 atom stereocenters. The first-order valence-electron chi connectivity index (χ1n) is 8.04. The molecule has 2 rings (SSSR count). The number of nitrogens with one attached hydrogen (secondary N) is 2. The number of carbonyl (C=O) groups is 2. The van der Waals surface area contributed by atoms with Gasteiger partial charge >= 0.3 is 5.97 Å². The Balaban J connectivity index is 1.98. The van der Waals surface area contributed by atoms with Gasteiger partial charge in [0.05, 0.1) is 0 Å². The fourth-order valence-corrected chi connectivity index (χ4v) is 2.68. The Bertz CT molecular complexity index is 554. The van der Waals surface area contributed by atoms with E-state index in [1.165, 1.54) is 19.8 Å². The van der Waals surface area contributed by atoms with Gasteiger partial charge in [-0.1, -0.05) is 6.07 Å². The minimum atomic E-state index is -0.358. The first-order valence-corrected chi connectivity index (χ1v) is 8.04. The summed E-state index contributed by atoms with van der Waals surface area (Å²) in [4.78, 5) is 25.8. The fraction of sp³-hybridized carbons (Fsp3) is 0.529. The maximum atomic E-state index is 12.5. The lowest BCUT2D eigenvalue weighted by Gasteiger charge is -2.16. The lowest BCUT2D eigenvalue weighted by atomic mass is 10.1. The molecule has 1 saturated heterocycles. The molecular weight excluding hydrogens is 294 g/mol. The van der Waals surface area contributed by atoms with Crippen molar-refractivity contribution >= 4 is 17.6 Å². The van der Waals surface area contributed by atoms with Crippen molar-refractivity contribution in [2.75, 3.05) is 38.5 Å². The number of hydrogen-bond acceptors (Lipinski definition) is 5. The molecule has 0 bridgehead atoms. The number of ether oxygens (including phenoxy) is 1. The highest BCUT2D eigenvalue weighted by atomic mass is 16.5. The van der Waals surface area contributed by atoms with Crippen LogP contribution in [0.1, 0.15) is 35.7 Å². The third-order valence-corrected chi connectivity index (χ3v) is 3.99. The van der Waals surface area contributed by atoms with Gasteiger partial charge in [-0.05, 0) is 38.1 Å². The fourth-order valence-electron chi connectivity index (χ4n) is 2.68. The Labute approximate surface area is 137 Å². The number of amides is 1. The van der Waals surface area contributed by atoms with E-state index in [2.05, 4.69) is 15.5 Å². The topological polar surface area (TPSA) is 70.7 Å². The predicted octanol–water partition coefficient (Wildman–Crippen LogP) is 1.62. The van der Waals surface area contributed by atoms with Crippen molar-refractivity contribution in [1.29, 1.82) is 0 Å². The maximum absolute atomic E-state index is 12.5. The second kappa shape index (κ2) is 8.53. The summed E-state index contributed by atoms with van der Waals surface area (Å²) in [6.45, 7) is 5.18. The van der Waals surface area contributed by atoms with Crippen molar-refractivity contribution < 1.29 is 14.3 Å². The van der Waals surface area contributed by atoms with Gasteiger partial charge in [0.15, 0.2) is 0 Å². The van der Waals surface area contributed by atoms with E-state index in [-0.39, 0.29) is 18.5 Å². The van der Waals surface area contributed by atoms with Crippen LogP contribution in [0.3, 0.4) is 0 Å². The van der Waals surface area contributed by atoms with Crippen molar-refractivity contribution in [2.24, 2.45) is 0 Å². The molecule has 2 N–H and O–H groups in total. The standard InChI is InChI=1S/C17H25N3O3/c1-13(21)23-12-14-5-6-15(18-2)11-16(14)17(22)19-7-10-20-8-3-4-9-20/h5-6,11,18H,3-4,7-10,12H2,1-2H3,(H,19,22). The van der Waals surface area contributed by atoms with Crippen molar-refractivity contribution in [3.63, 3.8) is 0 Å². The monoisotopic (exact) mass is 319 g/mol. The molecule has 1 aliphatic rings. The smallest absolute Gasteiger partial charge is 0.302 e. The zero-order valence-corrected chi connectivity index (χ0v) is 13.9. The molecule has 0 saturated carbocycles. The van der Waals surface area contributed by atoms with E-state index in [1.54, 1.807) is 13.1 Å². The Kier molecular flexibility index (Phi) is 6.40. The van der Waals surface area contributed by atoms with Gasteiger partial charge in [-0.3, -0.25) is 9.59 Å². The molecule has 6 heteroatoms. The number of rotatable bonds is 7. The van der Waals surface area contributed by atoms with E-state index < -0.39 is 0 Å². The zero-order valence-electron chi connectivity index (χ0n) is 13.9. The Morgan fingerprint density at radius 1 is 1.26 bits per heavy atom. The number of carbonyl (C=O) groups excluding carboxylic acids is 2. The molecule has 0 spiro atoms. The van der Waals surface area contributed by atoms with Crippen LogP contribution in [0.25, 0.3) is 0 Å². The highest BCUT2D eigenvalue weighted by Crippen LogP contribution is 2.17. The van der Waals surface area contributed by atoms with Crippen LogP contribution >= 0.6 is 0 Å². The molecule has 126 valence electrons. The average Bonchev–Trinajstić information content (AvgIpc) is 3.06. The molecule has 1 amide bonds. The van der Waals surface area contributed by atoms with Gasteiger partial charge < -0.3 is 20.3 Å². The molecule has 0 aromatic heterocycles. The number of likely N-dealkylation sites (tertiary alicyclic amines) is 1. The number of anilines is 1. The van der Waals surface area contributed by atoms with Crippen LogP contribution in [0.5, 0.6) is 0 Å². The van der Waals surface area contributed by atoms with E-state index in [1.807, 2.05) is 12.1 Å². The minimum Gasteiger partial charge on any atom is -0.461 e. The molecule has 1 aromatic rings. The molecular formula is C17H25N3O3. The number of esters is 1. The Morgan fingerprint density at radius 2 is 2.00 bits per heavy atom. The second-order valence-corrected chi connectivity index (χ2v) is 5.71. The van der Waals surface area contributed by atoms with Crippen LogP contribution in [-0.4, -0.2) is 50.0 Å². The van der Waals surface area contributed by atoms with Crippen LogP contribution < -0.4 is 10.6 Å². The summed E-state index contributed by atoms with van der Waals surface area (Å²) >= 11 is 0. The van der Waals surface area contributed by atoms with Gasteiger partial charge in [0.2, 0.25) is 0 Å². The van der Waals surface area contributed by atoms with Gasteiger partial charge in [0.25, 0.3) is 5.91 Å². The Hall–Kier alpha value is -2.08. The van der Waals surface area contributed by atoms with Crippen molar-refractivity contribution in [2.45, 2.75) is 26.4 Å². The van der Waals surface area contributed by atoms with Crippen molar-refractivity contribution in [3.05, 3.63) is 29.3 Å².